The van der Waals surface area contributed by atoms with Crippen LogP contribution in [0.3, 0.4) is 0 Å². The van der Waals surface area contributed by atoms with E-state index in [9.17, 15) is 14.7 Å². The molecular formula is C23H20IN3O4. The molecule has 0 bridgehead atoms. The first-order valence-corrected chi connectivity index (χ1v) is 11.1. The molecule has 0 radical (unpaired) electrons. The van der Waals surface area contributed by atoms with Crippen LogP contribution in [0.4, 0.5) is 5.82 Å². The van der Waals surface area contributed by atoms with E-state index >= 15 is 0 Å². The summed E-state index contributed by atoms with van der Waals surface area (Å²) in [5.74, 6) is 0.440. The second-order valence-electron chi connectivity index (χ2n) is 7.66. The van der Waals surface area contributed by atoms with Crippen molar-refractivity contribution in [1.82, 2.24) is 9.78 Å². The van der Waals surface area contributed by atoms with Gasteiger partial charge >= 0.3 is 0 Å². The number of nitrogens with one attached hydrogen (secondary N) is 2. The lowest BCUT2D eigenvalue weighted by Gasteiger charge is -2.31. The molecule has 31 heavy (non-hydrogen) atoms. The molecule has 0 spiro atoms. The number of aromatic hydroxyl groups is 1. The molecule has 2 aromatic carbocycles. The lowest BCUT2D eigenvalue weighted by atomic mass is 9.77. The standard InChI is InChI=1S/C23H20IN3O4/c1-31-17-11-12(10-14(24)21(17)29)18-19-15(8-5-9-16(19)28)25-22-20(18)23(30)27(26-22)13-6-3-2-4-7-13/h2-4,6-7,10-11,18,25-26,29H,5,8-9H2,1H3/t18-/m1/s1. The number of aromatic nitrogens is 2. The fourth-order valence-corrected chi connectivity index (χ4v) is 5.07. The van der Waals surface area contributed by atoms with E-state index in [1.807, 2.05) is 59.0 Å². The average molecular weight is 529 g/mol. The van der Waals surface area contributed by atoms with Gasteiger partial charge in [0.25, 0.3) is 5.56 Å². The monoisotopic (exact) mass is 529 g/mol. The quantitative estimate of drug-likeness (QED) is 0.445. The molecule has 0 saturated heterocycles. The lowest BCUT2D eigenvalue weighted by molar-refractivity contribution is -0.116. The normalized spacial score (nSPS) is 17.7. The maximum absolute atomic E-state index is 13.6. The van der Waals surface area contributed by atoms with Crippen LogP contribution in [0.5, 0.6) is 11.5 Å². The Balaban J connectivity index is 1.77. The zero-order valence-electron chi connectivity index (χ0n) is 16.7. The molecule has 2 heterocycles. The van der Waals surface area contributed by atoms with Gasteiger partial charge in [0.05, 0.1) is 21.9 Å². The number of nitrogens with zero attached hydrogens (tertiary/aromatic N) is 1. The number of Topliss-reactive ketones (excluding diaryl/α,β-unsaturated/α-hetero) is 1. The Labute approximate surface area is 191 Å². The topological polar surface area (TPSA) is 96.4 Å². The van der Waals surface area contributed by atoms with Crippen LogP contribution < -0.4 is 15.6 Å². The minimum atomic E-state index is -0.546. The Morgan fingerprint density at radius 2 is 1.94 bits per heavy atom. The van der Waals surface area contributed by atoms with Crippen molar-refractivity contribution in [3.8, 4) is 17.2 Å². The van der Waals surface area contributed by atoms with Crippen molar-refractivity contribution in [2.45, 2.75) is 25.2 Å². The first-order valence-electron chi connectivity index (χ1n) is 9.99. The van der Waals surface area contributed by atoms with Crippen LogP contribution in [0.2, 0.25) is 0 Å². The number of halogens is 1. The third-order valence-electron chi connectivity index (χ3n) is 5.85. The number of methoxy groups -OCH3 is 1. The van der Waals surface area contributed by atoms with Crippen LogP contribution in [-0.2, 0) is 4.79 Å². The summed E-state index contributed by atoms with van der Waals surface area (Å²) < 4.78 is 7.44. The van der Waals surface area contributed by atoms with Crippen LogP contribution in [-0.4, -0.2) is 27.8 Å². The van der Waals surface area contributed by atoms with Gasteiger partial charge in [0, 0.05) is 23.6 Å². The maximum Gasteiger partial charge on any atom is 0.277 e. The molecular weight excluding hydrogens is 509 g/mol. The molecule has 1 aliphatic carbocycles. The number of hydrogen-bond acceptors (Lipinski definition) is 5. The first kappa shape index (κ1) is 19.9. The molecule has 1 aromatic heterocycles. The Kier molecular flexibility index (Phi) is 4.88. The highest BCUT2D eigenvalue weighted by atomic mass is 127. The SMILES string of the molecule is COc1cc([C@@H]2C3=C(CCCC3=O)Nc3[nH]n(-c4ccccc4)c(=O)c32)cc(I)c1O. The van der Waals surface area contributed by atoms with Crippen LogP contribution in [0.15, 0.2) is 58.5 Å². The van der Waals surface area contributed by atoms with E-state index in [0.717, 1.165) is 24.1 Å². The van der Waals surface area contributed by atoms with Gasteiger partial charge in [-0.15, -0.1) is 0 Å². The smallest absolute Gasteiger partial charge is 0.277 e. The number of rotatable bonds is 3. The van der Waals surface area contributed by atoms with Crippen LogP contribution in [0.1, 0.15) is 36.3 Å². The van der Waals surface area contributed by atoms with E-state index in [2.05, 4.69) is 10.4 Å². The second-order valence-corrected chi connectivity index (χ2v) is 8.82. The van der Waals surface area contributed by atoms with Gasteiger partial charge in [-0.3, -0.25) is 14.7 Å². The maximum atomic E-state index is 13.6. The van der Waals surface area contributed by atoms with Gasteiger partial charge in [0.2, 0.25) is 0 Å². The summed E-state index contributed by atoms with van der Waals surface area (Å²) in [7, 11) is 1.48. The zero-order valence-corrected chi connectivity index (χ0v) is 18.9. The number of para-hydroxylation sites is 1. The molecule has 158 valence electrons. The molecule has 0 unspecified atom stereocenters. The van der Waals surface area contributed by atoms with Gasteiger partial charge in [-0.25, -0.2) is 4.68 Å². The molecule has 5 rings (SSSR count). The van der Waals surface area contributed by atoms with E-state index < -0.39 is 5.92 Å². The molecule has 0 saturated carbocycles. The summed E-state index contributed by atoms with van der Waals surface area (Å²) >= 11 is 2.03. The van der Waals surface area contributed by atoms with E-state index in [1.165, 1.54) is 11.8 Å². The third-order valence-corrected chi connectivity index (χ3v) is 6.68. The van der Waals surface area contributed by atoms with Crippen molar-refractivity contribution >= 4 is 34.2 Å². The highest BCUT2D eigenvalue weighted by Gasteiger charge is 2.39. The molecule has 7 nitrogen and oxygen atoms in total. The highest BCUT2D eigenvalue weighted by Crippen LogP contribution is 2.46. The molecule has 0 fully saturated rings. The third kappa shape index (κ3) is 3.16. The van der Waals surface area contributed by atoms with Gasteiger partial charge in [-0.1, -0.05) is 18.2 Å². The predicted octanol–water partition coefficient (Wildman–Crippen LogP) is 4.05. The summed E-state index contributed by atoms with van der Waals surface area (Å²) in [6.07, 6.45) is 1.96. The minimum Gasteiger partial charge on any atom is -0.504 e. The van der Waals surface area contributed by atoms with E-state index in [0.29, 0.717) is 38.4 Å². The number of carbonyl (C=O) groups is 1. The Morgan fingerprint density at radius 1 is 1.16 bits per heavy atom. The summed E-state index contributed by atoms with van der Waals surface area (Å²) in [6, 6.07) is 12.8. The summed E-state index contributed by atoms with van der Waals surface area (Å²) in [4.78, 5) is 26.6. The predicted molar refractivity (Wildman–Crippen MR) is 125 cm³/mol. The van der Waals surface area contributed by atoms with Gasteiger partial charge < -0.3 is 15.2 Å². The van der Waals surface area contributed by atoms with Crippen molar-refractivity contribution in [1.29, 1.82) is 0 Å². The van der Waals surface area contributed by atoms with Crippen molar-refractivity contribution in [2.24, 2.45) is 0 Å². The van der Waals surface area contributed by atoms with E-state index in [4.69, 9.17) is 4.74 Å². The Hall–Kier alpha value is -3.01. The van der Waals surface area contributed by atoms with Gasteiger partial charge in [0.15, 0.2) is 17.3 Å². The Bertz CT molecular complexity index is 1290. The van der Waals surface area contributed by atoms with Gasteiger partial charge in [0.1, 0.15) is 5.82 Å². The number of phenolic OH excluding ortho intramolecular Hbond substituents is 1. The molecule has 1 atom stereocenters. The fourth-order valence-electron chi connectivity index (χ4n) is 4.45. The van der Waals surface area contributed by atoms with Crippen molar-refractivity contribution in [2.75, 3.05) is 12.4 Å². The number of carbonyl (C=O) groups excluding carboxylic acids is 1. The first-order chi connectivity index (χ1) is 15.0. The summed E-state index contributed by atoms with van der Waals surface area (Å²) in [6.45, 7) is 0. The summed E-state index contributed by atoms with van der Waals surface area (Å²) in [5.41, 5.74) is 3.19. The fraction of sp³-hybridized carbons (Fsp3) is 0.217. The number of aromatic amines is 1. The number of anilines is 1. The van der Waals surface area contributed by atoms with Gasteiger partial charge in [-0.2, -0.15) is 0 Å². The number of benzene rings is 2. The van der Waals surface area contributed by atoms with E-state index in [1.54, 1.807) is 6.07 Å². The average Bonchev–Trinajstić information content (AvgIpc) is 3.11. The molecule has 1 aliphatic heterocycles. The molecule has 0 amide bonds. The molecule has 3 aromatic rings. The number of ketones is 1. The molecule has 3 N–H and O–H groups in total. The largest absolute Gasteiger partial charge is 0.504 e. The lowest BCUT2D eigenvalue weighted by Crippen LogP contribution is -2.30. The van der Waals surface area contributed by atoms with Crippen LogP contribution in [0, 0.1) is 3.57 Å². The van der Waals surface area contributed by atoms with E-state index in [-0.39, 0.29) is 17.1 Å². The van der Waals surface area contributed by atoms with Crippen molar-refractivity contribution in [3.05, 3.63) is 78.8 Å². The van der Waals surface area contributed by atoms with Crippen molar-refractivity contribution in [3.63, 3.8) is 0 Å². The number of hydrogen-bond donors (Lipinski definition) is 3. The molecule has 8 heteroatoms. The zero-order chi connectivity index (χ0) is 21.7. The Morgan fingerprint density at radius 3 is 2.68 bits per heavy atom. The van der Waals surface area contributed by atoms with Crippen LogP contribution in [0.25, 0.3) is 5.69 Å². The summed E-state index contributed by atoms with van der Waals surface area (Å²) in [5, 5.41) is 16.8. The van der Waals surface area contributed by atoms with Crippen LogP contribution >= 0.6 is 22.6 Å². The van der Waals surface area contributed by atoms with Crippen molar-refractivity contribution < 1.29 is 14.6 Å². The number of H-pyrrole nitrogens is 1. The highest BCUT2D eigenvalue weighted by molar-refractivity contribution is 14.1. The number of fused-ring (bicyclic) bond motifs is 1. The number of ether oxygens (including phenoxy) is 1. The minimum absolute atomic E-state index is 0.0401. The second kappa shape index (κ2) is 7.60. The number of allylic oxidation sites excluding steroid dienone is 2. The number of phenols is 1. The van der Waals surface area contributed by atoms with Gasteiger partial charge in [-0.05, 0) is 65.3 Å². The molecule has 2 aliphatic rings.